The second-order valence-electron chi connectivity index (χ2n) is 7.87. The molecule has 29 heavy (non-hydrogen) atoms. The van der Waals surface area contributed by atoms with Gasteiger partial charge >= 0.3 is 0 Å². The van der Waals surface area contributed by atoms with Crippen LogP contribution >= 0.6 is 0 Å². The molecular formula is C17H30O12. The zero-order valence-corrected chi connectivity index (χ0v) is 16.1. The average Bonchev–Trinajstić information content (AvgIpc) is 2.98. The Labute approximate surface area is 167 Å². The van der Waals surface area contributed by atoms with Gasteiger partial charge in [-0.1, -0.05) is 0 Å². The van der Waals surface area contributed by atoms with Crippen molar-refractivity contribution in [1.82, 2.24) is 0 Å². The van der Waals surface area contributed by atoms with Gasteiger partial charge in [0.25, 0.3) is 0 Å². The van der Waals surface area contributed by atoms with Gasteiger partial charge in [0, 0.05) is 0 Å². The molecule has 3 aliphatic rings. The molecule has 0 aromatic carbocycles. The summed E-state index contributed by atoms with van der Waals surface area (Å²) in [6.07, 6.45) is -13.6. The first-order valence-corrected chi connectivity index (χ1v) is 9.52. The van der Waals surface area contributed by atoms with Crippen LogP contribution in [-0.4, -0.2) is 129 Å². The molecule has 170 valence electrons. The summed E-state index contributed by atoms with van der Waals surface area (Å²) >= 11 is 0. The molecule has 12 atom stereocenters. The summed E-state index contributed by atoms with van der Waals surface area (Å²) < 4.78 is 27.3. The van der Waals surface area contributed by atoms with Crippen LogP contribution in [0.15, 0.2) is 0 Å². The molecule has 12 heteroatoms. The van der Waals surface area contributed by atoms with Gasteiger partial charge in [0.1, 0.15) is 48.3 Å². The van der Waals surface area contributed by atoms with Crippen molar-refractivity contribution in [2.45, 2.75) is 87.0 Å². The molecular weight excluding hydrogens is 396 g/mol. The predicted octanol–water partition coefficient (Wildman–Crippen LogP) is -4.20. The highest BCUT2D eigenvalue weighted by Crippen LogP contribution is 2.32. The minimum Gasteiger partial charge on any atom is -0.393 e. The van der Waals surface area contributed by atoms with Crippen molar-refractivity contribution in [3.05, 3.63) is 0 Å². The highest BCUT2D eigenvalue weighted by Gasteiger charge is 2.53. The fraction of sp³-hybridized carbons (Fsp3) is 1.00. The first-order chi connectivity index (χ1) is 13.6. The molecule has 12 nitrogen and oxygen atoms in total. The van der Waals surface area contributed by atoms with E-state index in [0.29, 0.717) is 0 Å². The lowest BCUT2D eigenvalue weighted by atomic mass is 9.98. The summed E-state index contributed by atoms with van der Waals surface area (Å²) in [6.45, 7) is 1.83. The van der Waals surface area contributed by atoms with Crippen molar-refractivity contribution in [3.8, 4) is 0 Å². The second kappa shape index (κ2) is 8.94. The summed E-state index contributed by atoms with van der Waals surface area (Å²) in [7, 11) is 0. The lowest BCUT2D eigenvalue weighted by Gasteiger charge is -2.45. The molecule has 3 saturated heterocycles. The van der Waals surface area contributed by atoms with Crippen molar-refractivity contribution >= 4 is 0 Å². The quantitative estimate of drug-likeness (QED) is 0.225. The lowest BCUT2D eigenvalue weighted by Crippen LogP contribution is -2.62. The van der Waals surface area contributed by atoms with Gasteiger partial charge in [0.15, 0.2) is 12.6 Å². The third kappa shape index (κ3) is 4.44. The molecule has 0 saturated carbocycles. The number of hydrogen-bond acceptors (Lipinski definition) is 12. The zero-order valence-electron chi connectivity index (χ0n) is 16.1. The number of ether oxygens (including phenoxy) is 5. The van der Waals surface area contributed by atoms with E-state index in [1.807, 2.05) is 0 Å². The molecule has 7 N–H and O–H groups in total. The van der Waals surface area contributed by atoms with Gasteiger partial charge in [-0.25, -0.2) is 0 Å². The normalized spacial score (nSPS) is 53.9. The fourth-order valence-electron chi connectivity index (χ4n) is 3.55. The van der Waals surface area contributed by atoms with Crippen molar-refractivity contribution < 1.29 is 59.4 Å². The second-order valence-corrected chi connectivity index (χ2v) is 7.87. The van der Waals surface area contributed by atoms with E-state index in [0.717, 1.165) is 0 Å². The van der Waals surface area contributed by atoms with Gasteiger partial charge in [-0.15, -0.1) is 0 Å². The third-order valence-corrected chi connectivity index (χ3v) is 5.70. The van der Waals surface area contributed by atoms with Gasteiger partial charge in [0.05, 0.1) is 32.0 Å². The fourth-order valence-corrected chi connectivity index (χ4v) is 3.55. The average molecular weight is 426 g/mol. The van der Waals surface area contributed by atoms with E-state index in [4.69, 9.17) is 23.7 Å². The molecule has 3 fully saturated rings. The molecule has 0 spiro atoms. The van der Waals surface area contributed by atoms with Crippen LogP contribution in [0.3, 0.4) is 0 Å². The molecule has 0 aromatic rings. The topological polar surface area (TPSA) is 188 Å². The highest BCUT2D eigenvalue weighted by molar-refractivity contribution is 4.96. The Morgan fingerprint density at radius 2 is 1.52 bits per heavy atom. The summed E-state index contributed by atoms with van der Waals surface area (Å²) in [6, 6.07) is 0. The van der Waals surface area contributed by atoms with E-state index >= 15 is 0 Å². The SMILES string of the molecule is C[C@@H]1O[C@@H](OC2CO[C@H](C)[C@H](O)[C@@H]2O)[C@H](O[C@@H]2OC[C@](O)(CO)[C@H]2O)[C@H](O)[C@H]1O. The Kier molecular flexibility index (Phi) is 7.15. The van der Waals surface area contributed by atoms with Crippen molar-refractivity contribution in [3.63, 3.8) is 0 Å². The van der Waals surface area contributed by atoms with Crippen molar-refractivity contribution in [2.75, 3.05) is 19.8 Å². The van der Waals surface area contributed by atoms with Crippen LogP contribution in [0.4, 0.5) is 0 Å². The lowest BCUT2D eigenvalue weighted by molar-refractivity contribution is -0.351. The van der Waals surface area contributed by atoms with Crippen molar-refractivity contribution in [2.24, 2.45) is 0 Å². The first-order valence-electron chi connectivity index (χ1n) is 9.52. The number of hydrogen-bond donors (Lipinski definition) is 7. The van der Waals surface area contributed by atoms with E-state index in [1.54, 1.807) is 6.92 Å². The molecule has 3 heterocycles. The molecule has 1 unspecified atom stereocenters. The standard InChI is InChI=1S/C17H30O12/c1-6-9(19)11(21)8(3-25-6)28-15-13(12(22)10(20)7(2)27-15)29-16-14(23)17(24,4-18)5-26-16/h6-16,18-24H,3-5H2,1-2H3/t6-,7+,8?,9+,10+,11-,12-,13-,14+,15+,16+,17-/m1/s1. The monoisotopic (exact) mass is 426 g/mol. The molecule has 3 aliphatic heterocycles. The van der Waals surface area contributed by atoms with E-state index < -0.39 is 86.3 Å². The van der Waals surface area contributed by atoms with E-state index in [2.05, 4.69) is 0 Å². The van der Waals surface area contributed by atoms with E-state index in [-0.39, 0.29) is 6.61 Å². The van der Waals surface area contributed by atoms with Gasteiger partial charge < -0.3 is 59.4 Å². The van der Waals surface area contributed by atoms with Crippen LogP contribution in [-0.2, 0) is 23.7 Å². The Morgan fingerprint density at radius 1 is 0.862 bits per heavy atom. The maximum atomic E-state index is 10.5. The van der Waals surface area contributed by atoms with Gasteiger partial charge in [-0.3, -0.25) is 0 Å². The maximum absolute atomic E-state index is 10.5. The number of aliphatic hydroxyl groups is 7. The molecule has 0 radical (unpaired) electrons. The molecule has 0 aromatic heterocycles. The molecule has 0 amide bonds. The Hall–Kier alpha value is -0.480. The van der Waals surface area contributed by atoms with Crippen LogP contribution in [0.1, 0.15) is 13.8 Å². The van der Waals surface area contributed by atoms with Crippen LogP contribution in [0, 0.1) is 0 Å². The molecule has 0 aliphatic carbocycles. The largest absolute Gasteiger partial charge is 0.393 e. The summed E-state index contributed by atoms with van der Waals surface area (Å²) in [4.78, 5) is 0. The highest BCUT2D eigenvalue weighted by atomic mass is 16.8. The van der Waals surface area contributed by atoms with Gasteiger partial charge in [-0.05, 0) is 13.8 Å². The van der Waals surface area contributed by atoms with Gasteiger partial charge in [-0.2, -0.15) is 0 Å². The Morgan fingerprint density at radius 3 is 2.14 bits per heavy atom. The maximum Gasteiger partial charge on any atom is 0.187 e. The van der Waals surface area contributed by atoms with E-state index in [9.17, 15) is 35.7 Å². The zero-order chi connectivity index (χ0) is 21.5. The Balaban J connectivity index is 1.73. The van der Waals surface area contributed by atoms with Crippen LogP contribution < -0.4 is 0 Å². The number of aliphatic hydroxyl groups excluding tert-OH is 6. The third-order valence-electron chi connectivity index (χ3n) is 5.70. The van der Waals surface area contributed by atoms with Crippen LogP contribution in [0.25, 0.3) is 0 Å². The van der Waals surface area contributed by atoms with Gasteiger partial charge in [0.2, 0.25) is 0 Å². The van der Waals surface area contributed by atoms with Crippen LogP contribution in [0.2, 0.25) is 0 Å². The van der Waals surface area contributed by atoms with Crippen molar-refractivity contribution in [1.29, 1.82) is 0 Å². The predicted molar refractivity (Wildman–Crippen MR) is 91.3 cm³/mol. The minimum atomic E-state index is -1.94. The van der Waals surface area contributed by atoms with Crippen LogP contribution in [0.5, 0.6) is 0 Å². The first kappa shape index (κ1) is 23.2. The Bertz CT molecular complexity index is 551. The summed E-state index contributed by atoms with van der Waals surface area (Å²) in [5.74, 6) is 0. The van der Waals surface area contributed by atoms with E-state index in [1.165, 1.54) is 6.92 Å². The molecule has 0 bridgehead atoms. The number of rotatable bonds is 5. The summed E-state index contributed by atoms with van der Waals surface area (Å²) in [5.41, 5.74) is -1.94. The summed E-state index contributed by atoms with van der Waals surface area (Å²) in [5, 5.41) is 70.4. The molecule has 3 rings (SSSR count). The smallest absolute Gasteiger partial charge is 0.187 e. The minimum absolute atomic E-state index is 0.0637.